The van der Waals surface area contributed by atoms with Gasteiger partial charge < -0.3 is 10.4 Å². The van der Waals surface area contributed by atoms with Crippen LogP contribution in [0, 0.1) is 11.3 Å². The fourth-order valence-corrected chi connectivity index (χ4v) is 4.77. The molecule has 2 aliphatic carbocycles. The molecular formula is C28H25N3O3. The quantitative estimate of drug-likeness (QED) is 0.491. The van der Waals surface area contributed by atoms with Crippen molar-refractivity contribution in [3.05, 3.63) is 102 Å². The molecule has 6 nitrogen and oxygen atoms in total. The van der Waals surface area contributed by atoms with Crippen molar-refractivity contribution in [1.29, 1.82) is 0 Å². The normalized spacial score (nSPS) is 21.9. The molecule has 1 amide bonds. The SMILES string of the molecule is O=C(O)CN=C(c1ccccc1)c1ccccc1NC(=O)C12CCC1C2=NCc1ccccc1. The van der Waals surface area contributed by atoms with Crippen molar-refractivity contribution in [2.24, 2.45) is 21.3 Å². The molecule has 2 atom stereocenters. The number of hydrogen-bond acceptors (Lipinski definition) is 4. The predicted octanol–water partition coefficient (Wildman–Crippen LogP) is 4.60. The Morgan fingerprint density at radius 3 is 2.29 bits per heavy atom. The van der Waals surface area contributed by atoms with Gasteiger partial charge in [0.15, 0.2) is 0 Å². The molecule has 170 valence electrons. The maximum Gasteiger partial charge on any atom is 0.325 e. The molecule has 6 heteroatoms. The maximum atomic E-state index is 13.4. The largest absolute Gasteiger partial charge is 0.480 e. The molecule has 0 bridgehead atoms. The van der Waals surface area contributed by atoms with Crippen molar-refractivity contribution in [2.75, 3.05) is 11.9 Å². The third kappa shape index (κ3) is 4.03. The summed E-state index contributed by atoms with van der Waals surface area (Å²) in [6, 6.07) is 26.9. The number of rotatable bonds is 8. The molecule has 2 unspecified atom stereocenters. The summed E-state index contributed by atoms with van der Waals surface area (Å²) in [4.78, 5) is 33.8. The van der Waals surface area contributed by atoms with E-state index in [4.69, 9.17) is 4.99 Å². The van der Waals surface area contributed by atoms with Crippen LogP contribution in [0.5, 0.6) is 0 Å². The summed E-state index contributed by atoms with van der Waals surface area (Å²) in [6.45, 7) is 0.229. The summed E-state index contributed by atoms with van der Waals surface area (Å²) in [7, 11) is 0. The second-order valence-electron chi connectivity index (χ2n) is 8.67. The van der Waals surface area contributed by atoms with E-state index in [9.17, 15) is 14.7 Å². The van der Waals surface area contributed by atoms with Gasteiger partial charge in [0, 0.05) is 22.8 Å². The number of carboxylic acids is 1. The van der Waals surface area contributed by atoms with Crippen LogP contribution in [-0.2, 0) is 16.1 Å². The Kier molecular flexibility index (Phi) is 5.80. The van der Waals surface area contributed by atoms with Gasteiger partial charge >= 0.3 is 5.97 Å². The summed E-state index contributed by atoms with van der Waals surface area (Å²) in [5.41, 5.74) is 4.26. The van der Waals surface area contributed by atoms with Gasteiger partial charge in [0.1, 0.15) is 6.54 Å². The molecule has 34 heavy (non-hydrogen) atoms. The van der Waals surface area contributed by atoms with Crippen LogP contribution in [-0.4, -0.2) is 35.0 Å². The van der Waals surface area contributed by atoms with E-state index in [0.717, 1.165) is 29.7 Å². The molecule has 2 aliphatic rings. The number of benzene rings is 3. The fraction of sp³-hybridized carbons (Fsp3) is 0.214. The summed E-state index contributed by atoms with van der Waals surface area (Å²) < 4.78 is 0. The fourth-order valence-electron chi connectivity index (χ4n) is 4.77. The third-order valence-corrected chi connectivity index (χ3v) is 6.66. The Hall–Kier alpha value is -4.06. The number of hydrogen-bond donors (Lipinski definition) is 2. The van der Waals surface area contributed by atoms with E-state index in [2.05, 4.69) is 10.3 Å². The Labute approximate surface area is 198 Å². The molecule has 2 saturated carbocycles. The van der Waals surface area contributed by atoms with Crippen LogP contribution in [0.25, 0.3) is 0 Å². The van der Waals surface area contributed by atoms with Gasteiger partial charge in [-0.25, -0.2) is 0 Å². The van der Waals surface area contributed by atoms with Crippen LogP contribution >= 0.6 is 0 Å². The van der Waals surface area contributed by atoms with Crippen LogP contribution in [0.2, 0.25) is 0 Å². The lowest BCUT2D eigenvalue weighted by Gasteiger charge is -2.23. The second-order valence-corrected chi connectivity index (χ2v) is 8.67. The Balaban J connectivity index is 1.40. The first-order valence-corrected chi connectivity index (χ1v) is 11.4. The molecule has 3 aromatic carbocycles. The monoisotopic (exact) mass is 451 g/mol. The highest BCUT2D eigenvalue weighted by Gasteiger charge is 2.72. The lowest BCUT2D eigenvalue weighted by atomic mass is 9.84. The van der Waals surface area contributed by atoms with E-state index in [1.165, 1.54) is 0 Å². The van der Waals surface area contributed by atoms with E-state index in [1.807, 2.05) is 84.9 Å². The van der Waals surface area contributed by atoms with Crippen molar-refractivity contribution < 1.29 is 14.7 Å². The number of aliphatic imine (C=N–C) groups is 2. The van der Waals surface area contributed by atoms with Crippen molar-refractivity contribution in [3.63, 3.8) is 0 Å². The summed E-state index contributed by atoms with van der Waals surface area (Å²) >= 11 is 0. The van der Waals surface area contributed by atoms with Gasteiger partial charge in [-0.2, -0.15) is 0 Å². The van der Waals surface area contributed by atoms with Crippen molar-refractivity contribution >= 4 is 29.0 Å². The average molecular weight is 452 g/mol. The highest BCUT2D eigenvalue weighted by Crippen LogP contribution is 2.65. The molecular weight excluding hydrogens is 426 g/mol. The Morgan fingerprint density at radius 2 is 1.62 bits per heavy atom. The Bertz CT molecular complexity index is 1280. The minimum atomic E-state index is -1.01. The van der Waals surface area contributed by atoms with Gasteiger partial charge in [0.05, 0.1) is 23.4 Å². The van der Waals surface area contributed by atoms with Crippen LogP contribution in [0.4, 0.5) is 5.69 Å². The summed E-state index contributed by atoms with van der Waals surface area (Å²) in [6.07, 6.45) is 1.79. The number of para-hydroxylation sites is 1. The first-order chi connectivity index (χ1) is 16.6. The molecule has 3 aromatic rings. The zero-order chi connectivity index (χ0) is 23.5. The number of anilines is 1. The first kappa shape index (κ1) is 21.8. The van der Waals surface area contributed by atoms with Crippen LogP contribution in [0.15, 0.2) is 94.9 Å². The lowest BCUT2D eigenvalue weighted by Crippen LogP contribution is -2.32. The minimum absolute atomic E-state index is 0.0475. The number of carbonyl (C=O) groups is 2. The summed E-state index contributed by atoms with van der Waals surface area (Å²) in [5.74, 6) is -0.838. The number of amides is 1. The summed E-state index contributed by atoms with van der Waals surface area (Å²) in [5, 5.41) is 12.3. The van der Waals surface area contributed by atoms with E-state index in [0.29, 0.717) is 23.5 Å². The third-order valence-electron chi connectivity index (χ3n) is 6.66. The molecule has 0 radical (unpaired) electrons. The molecule has 0 aromatic heterocycles. The topological polar surface area (TPSA) is 91.1 Å². The lowest BCUT2D eigenvalue weighted by molar-refractivity contribution is -0.135. The zero-order valence-electron chi connectivity index (χ0n) is 18.6. The van der Waals surface area contributed by atoms with E-state index < -0.39 is 11.4 Å². The standard InChI is InChI=1S/C28H25N3O3/c32-24(33)18-29-25(20-11-5-2-6-12-20)21-13-7-8-14-23(21)31-27(34)28-16-15-22(28)26(28)30-17-19-9-3-1-4-10-19/h1-14,22H,15-18H2,(H,31,34)(H,32,33). The molecule has 0 aliphatic heterocycles. The number of carbonyl (C=O) groups excluding carboxylic acids is 1. The van der Waals surface area contributed by atoms with E-state index in [1.54, 1.807) is 0 Å². The van der Waals surface area contributed by atoms with Crippen LogP contribution < -0.4 is 5.32 Å². The smallest absolute Gasteiger partial charge is 0.325 e. The van der Waals surface area contributed by atoms with Gasteiger partial charge in [-0.15, -0.1) is 0 Å². The van der Waals surface area contributed by atoms with Gasteiger partial charge in [0.25, 0.3) is 0 Å². The number of nitrogens with zero attached hydrogens (tertiary/aromatic N) is 2. The Morgan fingerprint density at radius 1 is 0.941 bits per heavy atom. The molecule has 0 heterocycles. The van der Waals surface area contributed by atoms with Gasteiger partial charge in [-0.05, 0) is 24.5 Å². The average Bonchev–Trinajstić information content (AvgIpc) is 3.32. The van der Waals surface area contributed by atoms with Crippen LogP contribution in [0.3, 0.4) is 0 Å². The van der Waals surface area contributed by atoms with E-state index in [-0.39, 0.29) is 18.4 Å². The number of aliphatic carboxylic acids is 1. The number of carboxylic acid groups (broad SMARTS) is 1. The zero-order valence-corrected chi connectivity index (χ0v) is 18.6. The van der Waals surface area contributed by atoms with Gasteiger partial charge in [-0.1, -0.05) is 78.9 Å². The predicted molar refractivity (Wildman–Crippen MR) is 132 cm³/mol. The maximum absolute atomic E-state index is 13.4. The number of nitrogens with one attached hydrogen (secondary N) is 1. The molecule has 2 fully saturated rings. The van der Waals surface area contributed by atoms with Gasteiger partial charge in [0.2, 0.25) is 5.91 Å². The first-order valence-electron chi connectivity index (χ1n) is 11.4. The highest BCUT2D eigenvalue weighted by atomic mass is 16.4. The van der Waals surface area contributed by atoms with Crippen molar-refractivity contribution in [1.82, 2.24) is 0 Å². The second kappa shape index (κ2) is 9.06. The van der Waals surface area contributed by atoms with Crippen LogP contribution in [0.1, 0.15) is 29.5 Å². The molecule has 5 rings (SSSR count). The van der Waals surface area contributed by atoms with Crippen molar-refractivity contribution in [2.45, 2.75) is 19.4 Å². The minimum Gasteiger partial charge on any atom is -0.480 e. The molecule has 0 spiro atoms. The van der Waals surface area contributed by atoms with E-state index >= 15 is 0 Å². The molecule has 0 saturated heterocycles. The van der Waals surface area contributed by atoms with Gasteiger partial charge in [-0.3, -0.25) is 19.6 Å². The highest BCUT2D eigenvalue weighted by molar-refractivity contribution is 6.29. The number of fused-ring (bicyclic) bond motifs is 1. The van der Waals surface area contributed by atoms with Crippen molar-refractivity contribution in [3.8, 4) is 0 Å². The molecule has 2 N–H and O–H groups in total.